The largest absolute Gasteiger partial charge is 0.467 e. The van der Waals surface area contributed by atoms with Gasteiger partial charge in [0.15, 0.2) is 5.82 Å². The van der Waals surface area contributed by atoms with E-state index in [1.807, 2.05) is 6.92 Å². The molecule has 0 saturated heterocycles. The minimum Gasteiger partial charge on any atom is -0.467 e. The molecular weight excluding hydrogens is 260 g/mol. The van der Waals surface area contributed by atoms with E-state index >= 15 is 0 Å². The maximum Gasteiger partial charge on any atom is 0.331 e. The topological polar surface area (TPSA) is 99.2 Å². The van der Waals surface area contributed by atoms with Crippen LogP contribution >= 0.6 is 0 Å². The van der Waals surface area contributed by atoms with Crippen LogP contribution in [0.25, 0.3) is 0 Å². The molecule has 0 spiro atoms. The van der Waals surface area contributed by atoms with Crippen molar-refractivity contribution in [1.29, 1.82) is 0 Å². The van der Waals surface area contributed by atoms with Gasteiger partial charge in [-0.1, -0.05) is 13.3 Å². The molecule has 0 bridgehead atoms. The highest BCUT2D eigenvalue weighted by atomic mass is 16.5. The van der Waals surface area contributed by atoms with Gasteiger partial charge in [0.2, 0.25) is 5.91 Å². The molecule has 0 aliphatic carbocycles. The number of nitrogens with two attached hydrogens (primary N) is 1. The van der Waals surface area contributed by atoms with Crippen LogP contribution in [0.4, 0.5) is 5.82 Å². The molecule has 0 aromatic carbocycles. The summed E-state index contributed by atoms with van der Waals surface area (Å²) < 4.78 is 6.32. The van der Waals surface area contributed by atoms with Gasteiger partial charge in [-0.3, -0.25) is 4.79 Å². The molecule has 1 aromatic heterocycles. The zero-order chi connectivity index (χ0) is 15.3. The van der Waals surface area contributed by atoms with E-state index in [-0.39, 0.29) is 5.91 Å². The molecule has 0 fully saturated rings. The number of ether oxygens (including phenoxy) is 1. The number of amides is 1. The Morgan fingerprint density at radius 1 is 1.55 bits per heavy atom. The minimum atomic E-state index is -0.893. The average molecular weight is 282 g/mol. The molecule has 1 aromatic rings. The highest BCUT2D eigenvalue weighted by Crippen LogP contribution is 2.19. The van der Waals surface area contributed by atoms with E-state index in [4.69, 9.17) is 10.5 Å². The van der Waals surface area contributed by atoms with Crippen molar-refractivity contribution in [3.05, 3.63) is 12.5 Å². The van der Waals surface area contributed by atoms with Crippen molar-refractivity contribution >= 4 is 17.7 Å². The fraction of sp³-hybridized carbons (Fsp3) is 0.615. The van der Waals surface area contributed by atoms with Crippen LogP contribution in [0.3, 0.4) is 0 Å². The van der Waals surface area contributed by atoms with Crippen LogP contribution in [-0.4, -0.2) is 34.6 Å². The lowest BCUT2D eigenvalue weighted by Gasteiger charge is -2.22. The van der Waals surface area contributed by atoms with Gasteiger partial charge in [0.25, 0.3) is 0 Å². The first-order valence-electron chi connectivity index (χ1n) is 6.52. The Morgan fingerprint density at radius 3 is 2.75 bits per heavy atom. The second kappa shape index (κ2) is 6.51. The third kappa shape index (κ3) is 3.57. The normalized spacial score (nSPS) is 12.8. The van der Waals surface area contributed by atoms with E-state index in [1.54, 1.807) is 24.6 Å². The van der Waals surface area contributed by atoms with Crippen LogP contribution < -0.4 is 11.1 Å². The van der Waals surface area contributed by atoms with Crippen molar-refractivity contribution in [2.75, 3.05) is 12.4 Å². The van der Waals surface area contributed by atoms with Gasteiger partial charge in [0.05, 0.1) is 19.5 Å². The summed E-state index contributed by atoms with van der Waals surface area (Å²) in [4.78, 5) is 27.5. The zero-order valence-electron chi connectivity index (χ0n) is 12.3. The summed E-state index contributed by atoms with van der Waals surface area (Å²) in [5.74, 6) is -0.318. The lowest BCUT2D eigenvalue weighted by atomic mass is 10.1. The number of nitrogens with zero attached hydrogens (tertiary/aromatic N) is 2. The van der Waals surface area contributed by atoms with E-state index in [0.29, 0.717) is 12.2 Å². The van der Waals surface area contributed by atoms with Gasteiger partial charge in [-0.25, -0.2) is 9.78 Å². The Morgan fingerprint density at radius 2 is 2.20 bits per heavy atom. The smallest absolute Gasteiger partial charge is 0.331 e. The summed E-state index contributed by atoms with van der Waals surface area (Å²) in [6.45, 7) is 5.37. The minimum absolute atomic E-state index is 0.284. The average Bonchev–Trinajstić information content (AvgIpc) is 2.87. The third-order valence-electron chi connectivity index (χ3n) is 3.10. The number of nitrogens with one attached hydrogen (secondary N) is 1. The van der Waals surface area contributed by atoms with Gasteiger partial charge in [-0.2, -0.15) is 0 Å². The summed E-state index contributed by atoms with van der Waals surface area (Å²) in [6.07, 6.45) is 4.49. The molecule has 1 amide bonds. The van der Waals surface area contributed by atoms with Crippen LogP contribution in [0, 0.1) is 0 Å². The molecule has 0 saturated carbocycles. The lowest BCUT2D eigenvalue weighted by molar-refractivity contribution is -0.149. The van der Waals surface area contributed by atoms with E-state index in [0.717, 1.165) is 6.42 Å². The highest BCUT2D eigenvalue weighted by molar-refractivity contribution is 5.93. The standard InChI is InChI=1S/C13H22N4O3/c1-5-6-9(14)11(18)16-10-7-17(8-15-10)13(2,3)12(19)20-4/h7-9H,5-6,14H2,1-4H3,(H,16,18)/t9-/m1/s1. The summed E-state index contributed by atoms with van der Waals surface area (Å²) in [5, 5.41) is 2.63. The number of aromatic nitrogens is 2. The van der Waals surface area contributed by atoms with Crippen molar-refractivity contribution in [1.82, 2.24) is 9.55 Å². The quantitative estimate of drug-likeness (QED) is 0.754. The Kier molecular flexibility index (Phi) is 5.26. The Balaban J connectivity index is 2.78. The maximum atomic E-state index is 11.8. The summed E-state index contributed by atoms with van der Waals surface area (Å²) in [6, 6.07) is -0.557. The molecule has 1 rings (SSSR count). The van der Waals surface area contributed by atoms with Gasteiger partial charge in [-0.15, -0.1) is 0 Å². The second-order valence-electron chi connectivity index (χ2n) is 5.10. The molecule has 3 N–H and O–H groups in total. The van der Waals surface area contributed by atoms with Gasteiger partial charge >= 0.3 is 5.97 Å². The SMILES string of the molecule is CCC[C@@H](N)C(=O)Nc1cn(C(C)(C)C(=O)OC)cn1. The molecule has 1 heterocycles. The third-order valence-corrected chi connectivity index (χ3v) is 3.10. The molecule has 0 unspecified atom stereocenters. The number of anilines is 1. The van der Waals surface area contributed by atoms with Gasteiger partial charge in [0, 0.05) is 6.20 Å². The van der Waals surface area contributed by atoms with Crippen LogP contribution in [-0.2, 0) is 19.9 Å². The van der Waals surface area contributed by atoms with Crippen molar-refractivity contribution in [3.63, 3.8) is 0 Å². The molecule has 20 heavy (non-hydrogen) atoms. The van der Waals surface area contributed by atoms with Gasteiger partial charge in [0.1, 0.15) is 5.54 Å². The number of imidazole rings is 1. The maximum absolute atomic E-state index is 11.8. The van der Waals surface area contributed by atoms with Crippen LogP contribution in [0.1, 0.15) is 33.6 Å². The molecule has 7 heteroatoms. The van der Waals surface area contributed by atoms with Gasteiger partial charge in [-0.05, 0) is 20.3 Å². The van der Waals surface area contributed by atoms with Crippen LogP contribution in [0.2, 0.25) is 0 Å². The van der Waals surface area contributed by atoms with Gasteiger partial charge < -0.3 is 20.4 Å². The first kappa shape index (κ1) is 16.2. The number of rotatable bonds is 6. The van der Waals surface area contributed by atoms with Crippen molar-refractivity contribution in [2.24, 2.45) is 5.73 Å². The molecule has 0 aliphatic heterocycles. The number of esters is 1. The van der Waals surface area contributed by atoms with E-state index in [2.05, 4.69) is 10.3 Å². The lowest BCUT2D eigenvalue weighted by Crippen LogP contribution is -2.36. The van der Waals surface area contributed by atoms with E-state index in [9.17, 15) is 9.59 Å². The number of carbonyl (C=O) groups is 2. The number of hydrogen-bond donors (Lipinski definition) is 2. The summed E-state index contributed by atoms with van der Waals surface area (Å²) in [7, 11) is 1.33. The fourth-order valence-corrected chi connectivity index (χ4v) is 1.71. The highest BCUT2D eigenvalue weighted by Gasteiger charge is 2.31. The monoisotopic (exact) mass is 282 g/mol. The number of carbonyl (C=O) groups excluding carboxylic acids is 2. The number of hydrogen-bond acceptors (Lipinski definition) is 5. The number of methoxy groups -OCH3 is 1. The van der Waals surface area contributed by atoms with Crippen LogP contribution in [0.5, 0.6) is 0 Å². The van der Waals surface area contributed by atoms with Crippen LogP contribution in [0.15, 0.2) is 12.5 Å². The Bertz CT molecular complexity index is 482. The molecular formula is C13H22N4O3. The molecule has 112 valence electrons. The molecule has 0 radical (unpaired) electrons. The predicted molar refractivity (Wildman–Crippen MR) is 75.1 cm³/mol. The first-order chi connectivity index (χ1) is 9.32. The van der Waals surface area contributed by atoms with Crippen molar-refractivity contribution in [2.45, 2.75) is 45.2 Å². The summed E-state index contributed by atoms with van der Waals surface area (Å²) in [5.41, 5.74) is 4.82. The molecule has 1 atom stereocenters. The van der Waals surface area contributed by atoms with Crippen molar-refractivity contribution in [3.8, 4) is 0 Å². The molecule has 0 aliphatic rings. The zero-order valence-corrected chi connectivity index (χ0v) is 12.3. The first-order valence-corrected chi connectivity index (χ1v) is 6.52. The Labute approximate surface area is 118 Å². The predicted octanol–water partition coefficient (Wildman–Crippen LogP) is 0.857. The summed E-state index contributed by atoms with van der Waals surface area (Å²) >= 11 is 0. The van der Waals surface area contributed by atoms with E-state index < -0.39 is 17.6 Å². The molecule has 7 nitrogen and oxygen atoms in total. The second-order valence-corrected chi connectivity index (χ2v) is 5.10. The Hall–Kier alpha value is -1.89. The fourth-order valence-electron chi connectivity index (χ4n) is 1.71. The van der Waals surface area contributed by atoms with E-state index in [1.165, 1.54) is 13.4 Å². The van der Waals surface area contributed by atoms with Crippen molar-refractivity contribution < 1.29 is 14.3 Å².